The molecule has 3 aliphatic rings. The number of thiazole rings is 1. The Morgan fingerprint density at radius 1 is 0.528 bits per heavy atom. The molecule has 2 heterocycles. The Balaban J connectivity index is 0.797. The molecule has 1 aromatic heterocycles. The second kappa shape index (κ2) is 33.3. The van der Waals surface area contributed by atoms with E-state index in [-0.39, 0.29) is 36.6 Å². The minimum atomic E-state index is -0.507. The lowest BCUT2D eigenvalue weighted by Gasteiger charge is -2.29. The number of carbonyl (C=O) groups is 6. The van der Waals surface area contributed by atoms with Gasteiger partial charge in [0.05, 0.1) is 73.1 Å². The summed E-state index contributed by atoms with van der Waals surface area (Å²) in [6, 6.07) is 33.8. The van der Waals surface area contributed by atoms with Crippen LogP contribution in [-0.2, 0) is 38.2 Å². The Labute approximate surface area is 521 Å². The van der Waals surface area contributed by atoms with Crippen LogP contribution in [-0.4, -0.2) is 92.7 Å². The van der Waals surface area contributed by atoms with Gasteiger partial charge in [0.2, 0.25) is 5.13 Å². The van der Waals surface area contributed by atoms with Gasteiger partial charge in [0.25, 0.3) is 0 Å². The van der Waals surface area contributed by atoms with Crippen molar-refractivity contribution in [1.29, 1.82) is 0 Å². The van der Waals surface area contributed by atoms with Crippen molar-refractivity contribution in [2.75, 3.05) is 44.6 Å². The standard InChI is InChI=1S/C69H75N3O16S/c1-3-63(73)81-41-15-7-5-13-39-79-52-29-33-54(34-30-52)85-65(75)47-21-23-49(24-22-47)67(77)87-56-37-38-59(51(43-56)44-70-72(69-71-58-17-9-12-20-62(58)89-69)45-57-46-83-60-18-10-11-19-61(60)84-57)88-68(78)50-27-25-48(26-28-50)66(76)86-55-35-31-53(32-36-55)80-40-14-6-8-16-42-82-64(74)4-2/h3-4,9-12,17-20,29-38,43-44,47-50,57H,1-2,5-8,13-16,21-28,39-42,45-46H2. The highest BCUT2D eigenvalue weighted by molar-refractivity contribution is 7.22. The van der Waals surface area contributed by atoms with Crippen molar-refractivity contribution in [3.63, 3.8) is 0 Å². The molecule has 1 atom stereocenters. The molecule has 468 valence electrons. The van der Waals surface area contributed by atoms with Gasteiger partial charge in [0, 0.05) is 17.7 Å². The Morgan fingerprint density at radius 3 is 1.49 bits per heavy atom. The van der Waals surface area contributed by atoms with Crippen LogP contribution in [0.15, 0.2) is 146 Å². The van der Waals surface area contributed by atoms with E-state index in [1.54, 1.807) is 78.0 Å². The molecule has 0 saturated heterocycles. The van der Waals surface area contributed by atoms with Crippen LogP contribution in [0.5, 0.6) is 46.0 Å². The molecule has 0 N–H and O–H groups in total. The van der Waals surface area contributed by atoms with Crippen molar-refractivity contribution in [2.24, 2.45) is 28.8 Å². The summed E-state index contributed by atoms with van der Waals surface area (Å²) in [6.45, 7) is 9.05. The van der Waals surface area contributed by atoms with E-state index in [1.807, 2.05) is 48.5 Å². The molecule has 0 radical (unpaired) electrons. The molecular formula is C69H75N3O16S. The number of hydrogen-bond acceptors (Lipinski definition) is 20. The second-order valence-electron chi connectivity index (χ2n) is 22.0. The molecule has 0 amide bonds. The highest BCUT2D eigenvalue weighted by Gasteiger charge is 2.35. The number of unbranched alkanes of at least 4 members (excludes halogenated alkanes) is 6. The van der Waals surface area contributed by atoms with Gasteiger partial charge in [0.15, 0.2) is 17.6 Å². The number of aromatic nitrogens is 1. The van der Waals surface area contributed by atoms with Crippen LogP contribution >= 0.6 is 11.3 Å². The van der Waals surface area contributed by atoms with E-state index >= 15 is 0 Å². The van der Waals surface area contributed by atoms with E-state index in [4.69, 9.17) is 57.5 Å². The maximum absolute atomic E-state index is 14.1. The number of hydrogen-bond donors (Lipinski definition) is 0. The molecule has 0 bridgehead atoms. The van der Waals surface area contributed by atoms with Gasteiger partial charge in [-0.15, -0.1) is 0 Å². The zero-order chi connectivity index (χ0) is 62.2. The Hall–Kier alpha value is -9.04. The third kappa shape index (κ3) is 19.7. The van der Waals surface area contributed by atoms with Crippen LogP contribution in [0.25, 0.3) is 10.2 Å². The average Bonchev–Trinajstić information content (AvgIpc) is 3.15. The van der Waals surface area contributed by atoms with Crippen molar-refractivity contribution in [2.45, 2.75) is 109 Å². The smallest absolute Gasteiger partial charge is 0.330 e. The number of nitrogens with zero attached hydrogens (tertiary/aromatic N) is 3. The first-order chi connectivity index (χ1) is 43.5. The first-order valence-corrected chi connectivity index (χ1v) is 31.4. The number of esters is 6. The molecule has 2 fully saturated rings. The van der Waals surface area contributed by atoms with Crippen molar-refractivity contribution in [3.05, 3.63) is 146 Å². The van der Waals surface area contributed by atoms with Crippen molar-refractivity contribution < 1.29 is 76.1 Å². The minimum absolute atomic E-state index is 0.182. The van der Waals surface area contributed by atoms with E-state index in [1.165, 1.54) is 11.3 Å². The topological polar surface area (TPSA) is 223 Å². The Morgan fingerprint density at radius 2 is 0.978 bits per heavy atom. The highest BCUT2D eigenvalue weighted by atomic mass is 32.1. The first kappa shape index (κ1) is 64.4. The minimum Gasteiger partial charge on any atom is -0.494 e. The number of para-hydroxylation sites is 3. The van der Waals surface area contributed by atoms with Gasteiger partial charge >= 0.3 is 35.8 Å². The third-order valence-corrected chi connectivity index (χ3v) is 16.6. The predicted molar refractivity (Wildman–Crippen MR) is 334 cm³/mol. The predicted octanol–water partition coefficient (Wildman–Crippen LogP) is 12.9. The summed E-state index contributed by atoms with van der Waals surface area (Å²) in [6.07, 6.45) is 13.6. The van der Waals surface area contributed by atoms with Crippen LogP contribution in [0.3, 0.4) is 0 Å². The number of hydrazone groups is 1. The summed E-state index contributed by atoms with van der Waals surface area (Å²) in [5.41, 5.74) is 1.14. The summed E-state index contributed by atoms with van der Waals surface area (Å²) >= 11 is 1.45. The summed E-state index contributed by atoms with van der Waals surface area (Å²) in [5, 5.41) is 7.25. The maximum atomic E-state index is 14.1. The fourth-order valence-electron chi connectivity index (χ4n) is 10.5. The second-order valence-corrected chi connectivity index (χ2v) is 23.0. The molecule has 1 aliphatic heterocycles. The molecule has 2 saturated carbocycles. The Kier molecular flexibility index (Phi) is 24.1. The lowest BCUT2D eigenvalue weighted by Crippen LogP contribution is -2.39. The number of fused-ring (bicyclic) bond motifs is 2. The SMILES string of the molecule is C=CC(=O)OCCCCCCOc1ccc(OC(=O)C2CCC(C(=O)Oc3ccc(OC(=O)C4CCC(C(=O)Oc5ccc(OCCCCCCOC(=O)C=C)cc5)CC4)c(C=NN(CC4COc5ccccc5O4)c4nc5ccccc5s4)c3)CC2)cc1. The van der Waals surface area contributed by atoms with Crippen molar-refractivity contribution >= 4 is 68.7 Å². The lowest BCUT2D eigenvalue weighted by molar-refractivity contribution is -0.145. The number of rotatable bonds is 31. The molecule has 89 heavy (non-hydrogen) atoms. The normalized spacial score (nSPS) is 17.8. The van der Waals surface area contributed by atoms with Gasteiger partial charge in [-0.2, -0.15) is 5.10 Å². The van der Waals surface area contributed by atoms with Gasteiger partial charge in [-0.3, -0.25) is 19.2 Å². The first-order valence-electron chi connectivity index (χ1n) is 30.6. The molecule has 5 aromatic carbocycles. The van der Waals surface area contributed by atoms with Gasteiger partial charge in [0.1, 0.15) is 41.1 Å². The highest BCUT2D eigenvalue weighted by Crippen LogP contribution is 2.37. The van der Waals surface area contributed by atoms with Gasteiger partial charge < -0.3 is 47.4 Å². The maximum Gasteiger partial charge on any atom is 0.330 e. The van der Waals surface area contributed by atoms with Crippen LogP contribution < -0.4 is 42.9 Å². The van der Waals surface area contributed by atoms with Crippen LogP contribution in [0.2, 0.25) is 0 Å². The zero-order valence-corrected chi connectivity index (χ0v) is 50.7. The molecule has 2 aliphatic carbocycles. The zero-order valence-electron chi connectivity index (χ0n) is 49.8. The molecular weight excluding hydrogens is 1160 g/mol. The molecule has 1 unspecified atom stereocenters. The Bertz CT molecular complexity index is 3350. The van der Waals surface area contributed by atoms with E-state index < -0.39 is 53.7 Å². The summed E-state index contributed by atoms with van der Waals surface area (Å²) in [7, 11) is 0. The van der Waals surface area contributed by atoms with Crippen LogP contribution in [0.1, 0.15) is 108 Å². The van der Waals surface area contributed by atoms with Gasteiger partial charge in [-0.25, -0.2) is 19.6 Å². The average molecular weight is 1230 g/mol. The number of ether oxygens (including phenoxy) is 10. The fraction of sp³-hybridized carbons (Fsp3) is 0.391. The quantitative estimate of drug-likeness (QED) is 0.00985. The van der Waals surface area contributed by atoms with Gasteiger partial charge in [-0.05, 0) is 194 Å². The van der Waals surface area contributed by atoms with E-state index in [0.717, 1.165) is 73.7 Å². The summed E-state index contributed by atoms with van der Waals surface area (Å²) in [5.74, 6) is -0.562. The van der Waals surface area contributed by atoms with E-state index in [9.17, 15) is 28.8 Å². The fourth-order valence-corrected chi connectivity index (χ4v) is 11.4. The molecule has 0 spiro atoms. The monoisotopic (exact) mass is 1230 g/mol. The van der Waals surface area contributed by atoms with E-state index in [0.29, 0.717) is 123 Å². The molecule has 19 nitrogen and oxygen atoms in total. The summed E-state index contributed by atoms with van der Waals surface area (Å²) in [4.78, 5) is 81.9. The largest absolute Gasteiger partial charge is 0.494 e. The number of anilines is 1. The van der Waals surface area contributed by atoms with Gasteiger partial charge in [-0.1, -0.05) is 48.8 Å². The van der Waals surface area contributed by atoms with Crippen molar-refractivity contribution in [3.8, 4) is 46.0 Å². The molecule has 9 rings (SSSR count). The molecule has 20 heteroatoms. The number of benzene rings is 5. The third-order valence-electron chi connectivity index (χ3n) is 15.5. The van der Waals surface area contributed by atoms with E-state index in [2.05, 4.69) is 13.2 Å². The molecule has 6 aromatic rings. The lowest BCUT2D eigenvalue weighted by atomic mass is 9.82. The van der Waals surface area contributed by atoms with Crippen LogP contribution in [0.4, 0.5) is 5.13 Å². The van der Waals surface area contributed by atoms with Crippen molar-refractivity contribution in [1.82, 2.24) is 4.98 Å². The number of carbonyl (C=O) groups excluding carboxylic acids is 6. The summed E-state index contributed by atoms with van der Waals surface area (Å²) < 4.78 is 58.8. The van der Waals surface area contributed by atoms with Crippen LogP contribution in [0, 0.1) is 23.7 Å².